The molecule has 1 aromatic heterocycles. The van der Waals surface area contributed by atoms with Gasteiger partial charge in [-0.05, 0) is 81.4 Å². The number of aliphatic carboxylic acids is 1. The van der Waals surface area contributed by atoms with Crippen molar-refractivity contribution in [1.82, 2.24) is 9.88 Å². The van der Waals surface area contributed by atoms with E-state index in [-0.39, 0.29) is 12.4 Å². The van der Waals surface area contributed by atoms with Gasteiger partial charge in [0.15, 0.2) is 0 Å². The molecular weight excluding hydrogens is 466 g/mol. The predicted molar refractivity (Wildman–Crippen MR) is 134 cm³/mol. The molecule has 0 spiro atoms. The van der Waals surface area contributed by atoms with E-state index in [1.807, 2.05) is 31.3 Å². The lowest BCUT2D eigenvalue weighted by atomic mass is 9.74. The zero-order valence-electron chi connectivity index (χ0n) is 20.7. The molecule has 0 saturated carbocycles. The third-order valence-corrected chi connectivity index (χ3v) is 7.26. The number of rotatable bonds is 10. The standard InChI is InChI=1S/C28H32F2N2O4/c1-19-18-31-26-6-5-22(35-2)17-25(26)24(19)4-3-7-28(27(33)34)8-10-32(11-9-28)12-13-36-23-15-20(29)14-21(30)16-23/h5-6,14-18H,3-4,7-13H2,1-2H3,(H,33,34). The molecule has 0 amide bonds. The number of pyridine rings is 1. The maximum atomic E-state index is 13.3. The van der Waals surface area contributed by atoms with Crippen molar-refractivity contribution in [3.8, 4) is 11.5 Å². The molecule has 0 atom stereocenters. The normalized spacial score (nSPS) is 15.7. The maximum absolute atomic E-state index is 13.3. The lowest BCUT2D eigenvalue weighted by Gasteiger charge is -2.39. The number of aromatic nitrogens is 1. The van der Waals surface area contributed by atoms with Crippen LogP contribution in [0.3, 0.4) is 0 Å². The minimum Gasteiger partial charge on any atom is -0.497 e. The predicted octanol–water partition coefficient (Wildman–Crippen LogP) is 5.40. The Morgan fingerprint density at radius 3 is 2.50 bits per heavy atom. The number of aryl methyl sites for hydroxylation is 2. The fraction of sp³-hybridized carbons (Fsp3) is 0.429. The molecule has 6 nitrogen and oxygen atoms in total. The van der Waals surface area contributed by atoms with Crippen molar-refractivity contribution in [3.63, 3.8) is 0 Å². The summed E-state index contributed by atoms with van der Waals surface area (Å²) in [5, 5.41) is 11.2. The monoisotopic (exact) mass is 498 g/mol. The van der Waals surface area contributed by atoms with Gasteiger partial charge in [-0.1, -0.05) is 0 Å². The van der Waals surface area contributed by atoms with Gasteiger partial charge >= 0.3 is 5.97 Å². The molecule has 1 aliphatic rings. The summed E-state index contributed by atoms with van der Waals surface area (Å²) in [6.45, 7) is 4.16. The van der Waals surface area contributed by atoms with Gasteiger partial charge in [-0.3, -0.25) is 14.7 Å². The van der Waals surface area contributed by atoms with Crippen molar-refractivity contribution in [2.24, 2.45) is 5.41 Å². The summed E-state index contributed by atoms with van der Waals surface area (Å²) in [6.07, 6.45) is 5.12. The second-order valence-electron chi connectivity index (χ2n) is 9.54. The van der Waals surface area contributed by atoms with E-state index in [9.17, 15) is 18.7 Å². The molecule has 1 N–H and O–H groups in total. The molecule has 0 bridgehead atoms. The van der Waals surface area contributed by atoms with Crippen LogP contribution in [0.1, 0.15) is 36.8 Å². The SMILES string of the molecule is COc1ccc2ncc(C)c(CCCC3(C(=O)O)CCN(CCOc4cc(F)cc(F)c4)CC3)c2c1. The molecule has 0 unspecified atom stereocenters. The van der Waals surface area contributed by atoms with Gasteiger partial charge in [0, 0.05) is 36.3 Å². The van der Waals surface area contributed by atoms with Crippen molar-refractivity contribution in [1.29, 1.82) is 0 Å². The highest BCUT2D eigenvalue weighted by molar-refractivity contribution is 5.84. The number of fused-ring (bicyclic) bond motifs is 1. The van der Waals surface area contributed by atoms with Gasteiger partial charge in [0.1, 0.15) is 29.7 Å². The number of carboxylic acid groups (broad SMARTS) is 1. The van der Waals surface area contributed by atoms with Crippen molar-refractivity contribution < 1.29 is 28.2 Å². The van der Waals surface area contributed by atoms with Gasteiger partial charge in [0.05, 0.1) is 18.0 Å². The second-order valence-corrected chi connectivity index (χ2v) is 9.54. The molecule has 0 aliphatic carbocycles. The zero-order valence-corrected chi connectivity index (χ0v) is 20.7. The molecule has 3 aromatic rings. The molecule has 1 fully saturated rings. The number of likely N-dealkylation sites (tertiary alicyclic amines) is 1. The minimum atomic E-state index is -0.753. The van der Waals surface area contributed by atoms with Gasteiger partial charge in [-0.15, -0.1) is 0 Å². The van der Waals surface area contributed by atoms with E-state index in [0.29, 0.717) is 38.9 Å². The summed E-state index contributed by atoms with van der Waals surface area (Å²) in [5.74, 6) is -1.17. The molecule has 2 aromatic carbocycles. The fourth-order valence-electron chi connectivity index (χ4n) is 5.07. The summed E-state index contributed by atoms with van der Waals surface area (Å²) < 4.78 is 37.5. The number of carboxylic acids is 1. The van der Waals surface area contributed by atoms with Crippen LogP contribution in [0.5, 0.6) is 11.5 Å². The van der Waals surface area contributed by atoms with Crippen LogP contribution in [0.15, 0.2) is 42.6 Å². The first-order valence-electron chi connectivity index (χ1n) is 12.3. The van der Waals surface area contributed by atoms with Crippen molar-refractivity contribution in [2.75, 3.05) is 33.4 Å². The molecular formula is C28H32F2N2O4. The van der Waals surface area contributed by atoms with Crippen LogP contribution in [0.25, 0.3) is 10.9 Å². The first-order valence-corrected chi connectivity index (χ1v) is 12.3. The summed E-state index contributed by atoms with van der Waals surface area (Å²) in [5.41, 5.74) is 2.43. The first kappa shape index (κ1) is 25.8. The van der Waals surface area contributed by atoms with Gasteiger partial charge in [0.25, 0.3) is 0 Å². The van der Waals surface area contributed by atoms with E-state index in [2.05, 4.69) is 9.88 Å². The molecule has 0 radical (unpaired) electrons. The lowest BCUT2D eigenvalue weighted by molar-refractivity contribution is -0.152. The molecule has 4 rings (SSSR count). The topological polar surface area (TPSA) is 71.9 Å². The van der Waals surface area contributed by atoms with Crippen molar-refractivity contribution in [3.05, 3.63) is 65.4 Å². The first-order chi connectivity index (χ1) is 17.3. The third-order valence-electron chi connectivity index (χ3n) is 7.26. The van der Waals surface area contributed by atoms with Crippen LogP contribution >= 0.6 is 0 Å². The minimum absolute atomic E-state index is 0.154. The van der Waals surface area contributed by atoms with E-state index in [1.54, 1.807) is 7.11 Å². The van der Waals surface area contributed by atoms with Crippen LogP contribution in [0, 0.1) is 24.0 Å². The van der Waals surface area contributed by atoms with E-state index < -0.39 is 23.0 Å². The number of hydrogen-bond acceptors (Lipinski definition) is 5. The average molecular weight is 499 g/mol. The maximum Gasteiger partial charge on any atom is 0.309 e. The Morgan fingerprint density at radius 2 is 1.83 bits per heavy atom. The summed E-state index contributed by atoms with van der Waals surface area (Å²) in [4.78, 5) is 19.0. The third kappa shape index (κ3) is 5.93. The highest BCUT2D eigenvalue weighted by atomic mass is 19.1. The summed E-state index contributed by atoms with van der Waals surface area (Å²) in [7, 11) is 1.64. The van der Waals surface area contributed by atoms with E-state index in [0.717, 1.165) is 53.3 Å². The summed E-state index contributed by atoms with van der Waals surface area (Å²) >= 11 is 0. The number of methoxy groups -OCH3 is 1. The van der Waals surface area contributed by atoms with Crippen LogP contribution < -0.4 is 9.47 Å². The van der Waals surface area contributed by atoms with Crippen LogP contribution in [0.4, 0.5) is 8.78 Å². The van der Waals surface area contributed by atoms with Crippen molar-refractivity contribution >= 4 is 16.9 Å². The average Bonchev–Trinajstić information content (AvgIpc) is 2.85. The number of nitrogens with zero attached hydrogens (tertiary/aromatic N) is 2. The van der Waals surface area contributed by atoms with E-state index in [1.165, 1.54) is 5.56 Å². The van der Waals surface area contributed by atoms with E-state index >= 15 is 0 Å². The number of carbonyl (C=O) groups is 1. The highest BCUT2D eigenvalue weighted by Crippen LogP contribution is 2.37. The Kier molecular flexibility index (Phi) is 8.04. The molecule has 1 aliphatic heterocycles. The number of ether oxygens (including phenoxy) is 2. The Balaban J connectivity index is 1.33. The quantitative estimate of drug-likeness (QED) is 0.404. The van der Waals surface area contributed by atoms with Crippen molar-refractivity contribution in [2.45, 2.75) is 39.0 Å². The molecule has 192 valence electrons. The van der Waals surface area contributed by atoms with Gasteiger partial charge in [-0.25, -0.2) is 8.78 Å². The van der Waals surface area contributed by atoms with Gasteiger partial charge in [-0.2, -0.15) is 0 Å². The van der Waals surface area contributed by atoms with E-state index in [4.69, 9.17) is 9.47 Å². The number of hydrogen-bond donors (Lipinski definition) is 1. The Bertz CT molecular complexity index is 1210. The fourth-order valence-corrected chi connectivity index (χ4v) is 5.07. The Hall–Kier alpha value is -3.26. The number of benzene rings is 2. The molecule has 2 heterocycles. The van der Waals surface area contributed by atoms with Gasteiger partial charge < -0.3 is 14.6 Å². The molecule has 1 saturated heterocycles. The number of halogens is 2. The van der Waals surface area contributed by atoms with Crippen LogP contribution in [-0.2, 0) is 11.2 Å². The lowest BCUT2D eigenvalue weighted by Crippen LogP contribution is -2.45. The Morgan fingerprint density at radius 1 is 1.11 bits per heavy atom. The van der Waals surface area contributed by atoms with Gasteiger partial charge in [0.2, 0.25) is 0 Å². The zero-order chi connectivity index (χ0) is 25.7. The smallest absolute Gasteiger partial charge is 0.309 e. The number of piperidine rings is 1. The highest BCUT2D eigenvalue weighted by Gasteiger charge is 2.40. The second kappa shape index (κ2) is 11.2. The van der Waals surface area contributed by atoms with Crippen LogP contribution in [-0.4, -0.2) is 54.3 Å². The molecule has 8 heteroatoms. The van der Waals surface area contributed by atoms with Crippen LogP contribution in [0.2, 0.25) is 0 Å². The largest absolute Gasteiger partial charge is 0.497 e. The summed E-state index contributed by atoms with van der Waals surface area (Å²) in [6, 6.07) is 8.94. The molecule has 36 heavy (non-hydrogen) atoms. The Labute approximate surface area is 209 Å².